The maximum absolute atomic E-state index is 13.0. The van der Waals surface area contributed by atoms with E-state index in [0.717, 1.165) is 5.56 Å². The highest BCUT2D eigenvalue weighted by atomic mass is 16.5. The zero-order valence-corrected chi connectivity index (χ0v) is 16.8. The molecule has 0 heterocycles. The summed E-state index contributed by atoms with van der Waals surface area (Å²) < 4.78 is 0. The van der Waals surface area contributed by atoms with Crippen LogP contribution in [0.5, 0.6) is 0 Å². The molecule has 7 nitrogen and oxygen atoms in total. The van der Waals surface area contributed by atoms with Crippen molar-refractivity contribution in [3.63, 3.8) is 0 Å². The SMILES string of the molecule is C=CCC(C(=O)NO)[C@@H](CC(C)C)C(=O)NC(Cc1ccccc1)C(=O)NC. The monoisotopic (exact) mass is 389 g/mol. The third kappa shape index (κ3) is 7.15. The number of rotatable bonds is 11. The third-order valence-electron chi connectivity index (χ3n) is 4.58. The molecule has 0 saturated carbocycles. The fraction of sp³-hybridized carbons (Fsp3) is 0.476. The van der Waals surface area contributed by atoms with Crippen LogP contribution in [0.15, 0.2) is 43.0 Å². The van der Waals surface area contributed by atoms with Crippen molar-refractivity contribution in [2.45, 2.75) is 39.2 Å². The number of benzene rings is 1. The molecular formula is C21H31N3O4. The number of allylic oxidation sites excluding steroid dienone is 1. The quantitative estimate of drug-likeness (QED) is 0.263. The minimum absolute atomic E-state index is 0.141. The lowest BCUT2D eigenvalue weighted by Crippen LogP contribution is -2.51. The number of hydroxylamine groups is 1. The lowest BCUT2D eigenvalue weighted by atomic mass is 9.82. The maximum atomic E-state index is 13.0. The summed E-state index contributed by atoms with van der Waals surface area (Å²) in [5.74, 6) is -2.68. The average Bonchev–Trinajstić information content (AvgIpc) is 2.69. The molecule has 28 heavy (non-hydrogen) atoms. The molecule has 154 valence electrons. The van der Waals surface area contributed by atoms with Gasteiger partial charge in [0.15, 0.2) is 0 Å². The molecule has 7 heteroatoms. The van der Waals surface area contributed by atoms with Gasteiger partial charge >= 0.3 is 0 Å². The van der Waals surface area contributed by atoms with Gasteiger partial charge in [-0.1, -0.05) is 50.3 Å². The summed E-state index contributed by atoms with van der Waals surface area (Å²) in [6.07, 6.45) is 2.55. The van der Waals surface area contributed by atoms with Crippen LogP contribution in [0.25, 0.3) is 0 Å². The molecule has 0 fully saturated rings. The Labute approximate surface area is 166 Å². The lowest BCUT2D eigenvalue weighted by molar-refractivity contribution is -0.141. The van der Waals surface area contributed by atoms with Gasteiger partial charge in [0.05, 0.1) is 11.8 Å². The smallest absolute Gasteiger partial charge is 0.247 e. The number of amides is 3. The van der Waals surface area contributed by atoms with E-state index >= 15 is 0 Å². The Kier molecular flexibility index (Phi) is 9.95. The first-order valence-corrected chi connectivity index (χ1v) is 9.44. The van der Waals surface area contributed by atoms with Crippen LogP contribution < -0.4 is 16.1 Å². The molecule has 0 aromatic heterocycles. The van der Waals surface area contributed by atoms with Crippen LogP contribution in [0, 0.1) is 17.8 Å². The zero-order valence-electron chi connectivity index (χ0n) is 16.8. The molecule has 3 atom stereocenters. The Morgan fingerprint density at radius 3 is 2.21 bits per heavy atom. The number of nitrogens with one attached hydrogen (secondary N) is 3. The minimum Gasteiger partial charge on any atom is -0.357 e. The molecule has 4 N–H and O–H groups in total. The Morgan fingerprint density at radius 1 is 1.07 bits per heavy atom. The number of carbonyl (C=O) groups excluding carboxylic acids is 3. The second kappa shape index (κ2) is 11.9. The van der Waals surface area contributed by atoms with Gasteiger partial charge in [0.2, 0.25) is 17.7 Å². The summed E-state index contributed by atoms with van der Waals surface area (Å²) >= 11 is 0. The van der Waals surface area contributed by atoms with Gasteiger partial charge in [-0.2, -0.15) is 0 Å². The molecule has 1 aromatic carbocycles. The molecule has 0 aliphatic heterocycles. The topological polar surface area (TPSA) is 108 Å². The molecule has 1 aromatic rings. The first-order chi connectivity index (χ1) is 13.3. The van der Waals surface area contributed by atoms with E-state index in [0.29, 0.717) is 12.8 Å². The van der Waals surface area contributed by atoms with Crippen molar-refractivity contribution in [3.8, 4) is 0 Å². The minimum atomic E-state index is -0.771. The second-order valence-electron chi connectivity index (χ2n) is 7.21. The van der Waals surface area contributed by atoms with Crippen molar-refractivity contribution < 1.29 is 19.6 Å². The van der Waals surface area contributed by atoms with E-state index in [1.54, 1.807) is 11.6 Å². The van der Waals surface area contributed by atoms with Gasteiger partial charge < -0.3 is 10.6 Å². The summed E-state index contributed by atoms with van der Waals surface area (Å²) in [4.78, 5) is 37.5. The van der Waals surface area contributed by atoms with Gasteiger partial charge in [-0.3, -0.25) is 19.6 Å². The summed E-state index contributed by atoms with van der Waals surface area (Å²) in [5, 5.41) is 14.4. The van der Waals surface area contributed by atoms with Crippen molar-refractivity contribution in [2.24, 2.45) is 17.8 Å². The van der Waals surface area contributed by atoms with E-state index < -0.39 is 29.7 Å². The molecule has 0 aliphatic carbocycles. The van der Waals surface area contributed by atoms with Crippen LogP contribution >= 0.6 is 0 Å². The van der Waals surface area contributed by atoms with E-state index in [4.69, 9.17) is 5.21 Å². The molecule has 2 unspecified atom stereocenters. The van der Waals surface area contributed by atoms with Gasteiger partial charge in [0.25, 0.3) is 0 Å². The molecule has 0 saturated heterocycles. The molecule has 3 amide bonds. The van der Waals surface area contributed by atoms with E-state index in [1.165, 1.54) is 7.05 Å². The summed E-state index contributed by atoms with van der Waals surface area (Å²) in [6, 6.07) is 8.61. The Bertz CT molecular complexity index is 661. The van der Waals surface area contributed by atoms with Crippen LogP contribution in [0.1, 0.15) is 32.3 Å². The molecule has 0 aliphatic rings. The van der Waals surface area contributed by atoms with E-state index in [1.807, 2.05) is 44.2 Å². The predicted molar refractivity (Wildman–Crippen MR) is 107 cm³/mol. The molecule has 0 bridgehead atoms. The van der Waals surface area contributed by atoms with Crippen molar-refractivity contribution in [1.29, 1.82) is 0 Å². The Morgan fingerprint density at radius 2 is 1.71 bits per heavy atom. The van der Waals surface area contributed by atoms with Gasteiger partial charge in [0, 0.05) is 13.5 Å². The Hall–Kier alpha value is -2.67. The summed E-state index contributed by atoms with van der Waals surface area (Å²) in [5.41, 5.74) is 2.55. The van der Waals surface area contributed by atoms with Crippen molar-refractivity contribution in [2.75, 3.05) is 7.05 Å². The lowest BCUT2D eigenvalue weighted by Gasteiger charge is -2.27. The third-order valence-corrected chi connectivity index (χ3v) is 4.58. The fourth-order valence-corrected chi connectivity index (χ4v) is 3.19. The molecule has 1 rings (SSSR count). The Balaban J connectivity index is 3.07. The molecule has 0 radical (unpaired) electrons. The normalized spacial score (nSPS) is 13.9. The second-order valence-corrected chi connectivity index (χ2v) is 7.21. The first-order valence-electron chi connectivity index (χ1n) is 9.44. The molecular weight excluding hydrogens is 358 g/mol. The van der Waals surface area contributed by atoms with Gasteiger partial charge in [-0.25, -0.2) is 5.48 Å². The largest absolute Gasteiger partial charge is 0.357 e. The highest BCUT2D eigenvalue weighted by molar-refractivity contribution is 5.91. The summed E-state index contributed by atoms with van der Waals surface area (Å²) in [7, 11) is 1.51. The molecule has 0 spiro atoms. The van der Waals surface area contributed by atoms with E-state index in [-0.39, 0.29) is 18.2 Å². The van der Waals surface area contributed by atoms with Crippen LogP contribution in [-0.2, 0) is 20.8 Å². The van der Waals surface area contributed by atoms with Crippen molar-refractivity contribution >= 4 is 17.7 Å². The van der Waals surface area contributed by atoms with E-state index in [2.05, 4.69) is 17.2 Å². The highest BCUT2D eigenvalue weighted by Crippen LogP contribution is 2.25. The predicted octanol–water partition coefficient (Wildman–Crippen LogP) is 1.82. The number of likely N-dealkylation sites (N-methyl/N-ethyl adjacent to an activating group) is 1. The zero-order chi connectivity index (χ0) is 21.1. The maximum Gasteiger partial charge on any atom is 0.247 e. The fourth-order valence-electron chi connectivity index (χ4n) is 3.19. The van der Waals surface area contributed by atoms with Gasteiger partial charge in [0.1, 0.15) is 6.04 Å². The van der Waals surface area contributed by atoms with Crippen LogP contribution in [-0.4, -0.2) is 36.0 Å². The standard InChI is InChI=1S/C21H31N3O4/c1-5-9-16(20(26)24-28)17(12-14(2)3)19(25)23-18(21(27)22-4)13-15-10-7-6-8-11-15/h5-8,10-11,14,16-18,28H,1,9,12-13H2,2-4H3,(H,22,27)(H,23,25)(H,24,26)/t16?,17-,18?/m1/s1. The number of carbonyl (C=O) groups is 3. The van der Waals surface area contributed by atoms with Gasteiger partial charge in [-0.15, -0.1) is 6.58 Å². The van der Waals surface area contributed by atoms with E-state index in [9.17, 15) is 14.4 Å². The average molecular weight is 389 g/mol. The van der Waals surface area contributed by atoms with Crippen LogP contribution in [0.2, 0.25) is 0 Å². The number of hydrogen-bond donors (Lipinski definition) is 4. The van der Waals surface area contributed by atoms with Crippen LogP contribution in [0.3, 0.4) is 0 Å². The van der Waals surface area contributed by atoms with Crippen molar-refractivity contribution in [1.82, 2.24) is 16.1 Å². The number of hydrogen-bond acceptors (Lipinski definition) is 4. The van der Waals surface area contributed by atoms with Gasteiger partial charge in [-0.05, 0) is 24.3 Å². The highest BCUT2D eigenvalue weighted by Gasteiger charge is 2.35. The first kappa shape index (κ1) is 23.4. The van der Waals surface area contributed by atoms with Crippen molar-refractivity contribution in [3.05, 3.63) is 48.6 Å². The van der Waals surface area contributed by atoms with Crippen LogP contribution in [0.4, 0.5) is 0 Å². The summed E-state index contributed by atoms with van der Waals surface area (Å²) in [6.45, 7) is 7.53.